The Labute approximate surface area is 232 Å². The summed E-state index contributed by atoms with van der Waals surface area (Å²) in [6.45, 7) is 28.9. The first-order valence-corrected chi connectivity index (χ1v) is 13.4. The molecule has 0 heterocycles. The molecule has 0 radical (unpaired) electrons. The zero-order valence-electron chi connectivity index (χ0n) is 25.1. The Bertz CT molecular complexity index is 1100. The van der Waals surface area contributed by atoms with Crippen molar-refractivity contribution in [3.05, 3.63) is 118 Å². The number of aliphatic imine (C=N–C) groups is 1. The molecule has 1 rings (SSSR count). The van der Waals surface area contributed by atoms with Gasteiger partial charge in [-0.2, -0.15) is 0 Å². The molecule has 1 aliphatic rings. The molecule has 0 bridgehead atoms. The summed E-state index contributed by atoms with van der Waals surface area (Å²) in [5, 5.41) is 3.32. The number of nitrogens with two attached hydrogens (primary N) is 1. The van der Waals surface area contributed by atoms with E-state index in [1.807, 2.05) is 39.0 Å². The van der Waals surface area contributed by atoms with Gasteiger partial charge in [0.2, 0.25) is 0 Å². The van der Waals surface area contributed by atoms with Crippen LogP contribution in [0.3, 0.4) is 0 Å². The van der Waals surface area contributed by atoms with Crippen molar-refractivity contribution >= 4 is 6.21 Å². The smallest absolute Gasteiger partial charge is 0.125 e. The van der Waals surface area contributed by atoms with Gasteiger partial charge >= 0.3 is 0 Å². The maximum absolute atomic E-state index is 13.6. The van der Waals surface area contributed by atoms with Gasteiger partial charge in [-0.25, -0.2) is 4.39 Å². The summed E-state index contributed by atoms with van der Waals surface area (Å²) in [4.78, 5) is 4.50. The van der Waals surface area contributed by atoms with Crippen molar-refractivity contribution in [2.75, 3.05) is 6.54 Å². The van der Waals surface area contributed by atoms with Crippen LogP contribution in [0.25, 0.3) is 0 Å². The second-order valence-corrected chi connectivity index (χ2v) is 9.45. The van der Waals surface area contributed by atoms with Gasteiger partial charge in [0.1, 0.15) is 5.83 Å². The second kappa shape index (κ2) is 18.8. The molecule has 3 nitrogen and oxygen atoms in total. The molecule has 0 fully saturated rings. The summed E-state index contributed by atoms with van der Waals surface area (Å²) in [5.74, 6) is -0.187. The zero-order valence-corrected chi connectivity index (χ0v) is 25.1. The summed E-state index contributed by atoms with van der Waals surface area (Å²) in [7, 11) is 0. The fourth-order valence-electron chi connectivity index (χ4n) is 3.31. The van der Waals surface area contributed by atoms with E-state index in [0.717, 1.165) is 52.2 Å². The van der Waals surface area contributed by atoms with E-state index in [0.29, 0.717) is 25.0 Å². The molecule has 0 unspecified atom stereocenters. The minimum Gasteiger partial charge on any atom is -0.402 e. The molecule has 0 spiro atoms. The average Bonchev–Trinajstić information content (AvgIpc) is 3.05. The second-order valence-electron chi connectivity index (χ2n) is 9.45. The SMILES string of the molecule is C=C(C)/C(C)=C/C=C(\C)CC.C=C(NCC1=CC(C)=C(F)C=CC1)C(=C)/C(CC)=C(/C/C(N)=C\C)N=CC. The van der Waals surface area contributed by atoms with Gasteiger partial charge in [-0.1, -0.05) is 75.1 Å². The van der Waals surface area contributed by atoms with Gasteiger partial charge in [0.05, 0.1) is 0 Å². The molecule has 0 saturated heterocycles. The van der Waals surface area contributed by atoms with Crippen molar-refractivity contribution in [2.45, 2.75) is 81.1 Å². The Morgan fingerprint density at radius 3 is 2.29 bits per heavy atom. The highest BCUT2D eigenvalue weighted by Gasteiger charge is 2.12. The molecular weight excluding hydrogens is 469 g/mol. The van der Waals surface area contributed by atoms with E-state index in [1.165, 1.54) is 17.2 Å². The zero-order chi connectivity index (χ0) is 29.3. The fourth-order valence-corrected chi connectivity index (χ4v) is 3.31. The Morgan fingerprint density at radius 2 is 1.76 bits per heavy atom. The van der Waals surface area contributed by atoms with Crippen molar-refractivity contribution in [3.8, 4) is 0 Å². The number of hydrogen-bond acceptors (Lipinski definition) is 3. The van der Waals surface area contributed by atoms with Crippen LogP contribution in [0, 0.1) is 0 Å². The third kappa shape index (κ3) is 13.2. The summed E-state index contributed by atoms with van der Waals surface area (Å²) in [5.41, 5.74) is 15.8. The highest BCUT2D eigenvalue weighted by atomic mass is 19.1. The molecule has 208 valence electrons. The molecule has 0 amide bonds. The van der Waals surface area contributed by atoms with Gasteiger partial charge in [0.25, 0.3) is 0 Å². The van der Waals surface area contributed by atoms with Crippen molar-refractivity contribution in [1.82, 2.24) is 5.32 Å². The number of nitrogens with one attached hydrogen (secondary N) is 1. The van der Waals surface area contributed by atoms with Crippen LogP contribution in [-0.4, -0.2) is 12.8 Å². The van der Waals surface area contributed by atoms with Crippen molar-refractivity contribution in [1.29, 1.82) is 0 Å². The molecule has 0 aromatic heterocycles. The van der Waals surface area contributed by atoms with Crippen molar-refractivity contribution in [3.63, 3.8) is 0 Å². The highest BCUT2D eigenvalue weighted by molar-refractivity contribution is 5.57. The maximum Gasteiger partial charge on any atom is 0.125 e. The molecule has 0 aliphatic heterocycles. The molecular formula is C34H50FN3. The number of halogens is 1. The lowest BCUT2D eigenvalue weighted by molar-refractivity contribution is 0.658. The van der Waals surface area contributed by atoms with Gasteiger partial charge in [-0.15, -0.1) is 0 Å². The molecule has 1 aliphatic carbocycles. The largest absolute Gasteiger partial charge is 0.402 e. The van der Waals surface area contributed by atoms with E-state index in [9.17, 15) is 4.39 Å². The molecule has 0 aromatic rings. The third-order valence-corrected chi connectivity index (χ3v) is 6.28. The van der Waals surface area contributed by atoms with Crippen molar-refractivity contribution in [2.24, 2.45) is 10.7 Å². The van der Waals surface area contributed by atoms with Crippen LogP contribution in [0.4, 0.5) is 4.39 Å². The first-order chi connectivity index (χ1) is 17.9. The monoisotopic (exact) mass is 519 g/mol. The van der Waals surface area contributed by atoms with Gasteiger partial charge in [-0.05, 0) is 94.7 Å². The van der Waals surface area contributed by atoms with Crippen LogP contribution >= 0.6 is 0 Å². The Morgan fingerprint density at radius 1 is 1.11 bits per heavy atom. The van der Waals surface area contributed by atoms with Crippen LogP contribution in [0.1, 0.15) is 81.1 Å². The van der Waals surface area contributed by atoms with Crippen LogP contribution in [0.5, 0.6) is 0 Å². The van der Waals surface area contributed by atoms with E-state index in [1.54, 1.807) is 13.1 Å². The van der Waals surface area contributed by atoms with Crippen molar-refractivity contribution < 1.29 is 4.39 Å². The number of rotatable bonds is 12. The summed E-state index contributed by atoms with van der Waals surface area (Å²) in [6.07, 6.45) is 16.4. The first-order valence-electron chi connectivity index (χ1n) is 13.4. The first kappa shape index (κ1) is 34.6. The predicted octanol–water partition coefficient (Wildman–Crippen LogP) is 9.65. The molecule has 38 heavy (non-hydrogen) atoms. The Balaban J connectivity index is 0.00000105. The standard InChI is InChI=1S/C23H32FN3.C11H18/c1-7-20(25)14-23(26-9-3)21(8-2)17(5)18(6)27-15-19-11-10-12-22(24)16(4)13-19;1-6-10(4)7-8-11(5)9(2)3/h7,9-10,12-13,27H,5-6,8,11,14-15,25H2,1-4H3;7-8H,2,6H2,1,3-5H3/b20-7+,23-21-,26-9?;10-7+,11-8+. The highest BCUT2D eigenvalue weighted by Crippen LogP contribution is 2.26. The summed E-state index contributed by atoms with van der Waals surface area (Å²) < 4.78 is 13.6. The van der Waals surface area contributed by atoms with E-state index >= 15 is 0 Å². The van der Waals surface area contributed by atoms with Crippen LogP contribution < -0.4 is 11.1 Å². The van der Waals surface area contributed by atoms with Gasteiger partial charge in [0.15, 0.2) is 0 Å². The van der Waals surface area contributed by atoms with E-state index in [4.69, 9.17) is 5.73 Å². The summed E-state index contributed by atoms with van der Waals surface area (Å²) in [6, 6.07) is 0. The van der Waals surface area contributed by atoms with Crippen LogP contribution in [-0.2, 0) is 0 Å². The minimum atomic E-state index is -0.187. The van der Waals surface area contributed by atoms with Gasteiger partial charge in [-0.3, -0.25) is 4.99 Å². The topological polar surface area (TPSA) is 50.4 Å². The molecule has 4 heteroatoms. The average molecular weight is 520 g/mol. The number of allylic oxidation sites excluding steroid dienone is 12. The molecule has 3 N–H and O–H groups in total. The number of nitrogens with zero attached hydrogens (tertiary/aromatic N) is 1. The lowest BCUT2D eigenvalue weighted by atomic mass is 9.98. The summed E-state index contributed by atoms with van der Waals surface area (Å²) >= 11 is 0. The van der Waals surface area contributed by atoms with Crippen LogP contribution in [0.2, 0.25) is 0 Å². The van der Waals surface area contributed by atoms with E-state index < -0.39 is 0 Å². The lowest BCUT2D eigenvalue weighted by Gasteiger charge is -2.18. The van der Waals surface area contributed by atoms with Gasteiger partial charge in [0, 0.05) is 36.3 Å². The molecule has 0 aromatic carbocycles. The minimum absolute atomic E-state index is 0.187. The normalized spacial score (nSPS) is 15.4. The lowest BCUT2D eigenvalue weighted by Crippen LogP contribution is -2.18. The Hall–Kier alpha value is -3.40. The van der Waals surface area contributed by atoms with Crippen LogP contribution in [0.15, 0.2) is 123 Å². The molecule has 0 atom stereocenters. The Kier molecular flexibility index (Phi) is 17.1. The third-order valence-electron chi connectivity index (χ3n) is 6.28. The molecule has 0 saturated carbocycles. The fraction of sp³-hybridized carbons (Fsp3) is 0.382. The quantitative estimate of drug-likeness (QED) is 0.199. The number of hydrogen-bond donors (Lipinski definition) is 2. The van der Waals surface area contributed by atoms with E-state index in [-0.39, 0.29) is 5.83 Å². The van der Waals surface area contributed by atoms with E-state index in [2.05, 4.69) is 69.9 Å². The predicted molar refractivity (Wildman–Crippen MR) is 169 cm³/mol. The van der Waals surface area contributed by atoms with Gasteiger partial charge < -0.3 is 11.1 Å². The maximum atomic E-state index is 13.6.